The van der Waals surface area contributed by atoms with Gasteiger partial charge in [0.15, 0.2) is 0 Å². The minimum atomic E-state index is 0. The standard InChI is InChI=1S/C3H4N2S.Li/c1-3-4-2-6-5-3;/h2H,1H3;. The topological polar surface area (TPSA) is 25.8 Å². The Labute approximate surface area is 58.3 Å². The van der Waals surface area contributed by atoms with Crippen LogP contribution in [-0.2, 0) is 0 Å². The third-order valence-corrected chi connectivity index (χ3v) is 1.04. The summed E-state index contributed by atoms with van der Waals surface area (Å²) in [5, 5.41) is 0. The van der Waals surface area contributed by atoms with Gasteiger partial charge >= 0.3 is 0 Å². The first-order chi connectivity index (χ1) is 2.89. The molecule has 4 heteroatoms. The fraction of sp³-hybridized carbons (Fsp3) is 0.333. The van der Waals surface area contributed by atoms with Gasteiger partial charge < -0.3 is 0 Å². The minimum Gasteiger partial charge on any atom is -0.228 e. The zero-order valence-corrected chi connectivity index (χ0v) is 5.20. The molecule has 0 N–H and O–H groups in total. The van der Waals surface area contributed by atoms with Crippen molar-refractivity contribution in [2.24, 2.45) is 0 Å². The van der Waals surface area contributed by atoms with E-state index in [0.29, 0.717) is 0 Å². The molecule has 7 heavy (non-hydrogen) atoms. The van der Waals surface area contributed by atoms with Crippen molar-refractivity contribution < 1.29 is 0 Å². The summed E-state index contributed by atoms with van der Waals surface area (Å²) in [6, 6.07) is 0. The number of nitrogens with zero attached hydrogens (tertiary/aromatic N) is 2. The number of hydrogen-bond acceptors (Lipinski definition) is 3. The zero-order chi connectivity index (χ0) is 4.41. The van der Waals surface area contributed by atoms with Crippen LogP contribution in [-0.4, -0.2) is 28.2 Å². The number of aromatic nitrogens is 2. The van der Waals surface area contributed by atoms with E-state index in [4.69, 9.17) is 0 Å². The van der Waals surface area contributed by atoms with E-state index in [9.17, 15) is 0 Å². The molecule has 0 atom stereocenters. The van der Waals surface area contributed by atoms with Gasteiger partial charge in [-0.1, -0.05) is 0 Å². The molecule has 1 heterocycles. The molecule has 2 nitrogen and oxygen atoms in total. The number of hydrogen-bond donors (Lipinski definition) is 0. The molecule has 1 radical (unpaired) electrons. The summed E-state index contributed by atoms with van der Waals surface area (Å²) in [5.41, 5.74) is 1.72. The molecule has 0 aliphatic carbocycles. The van der Waals surface area contributed by atoms with Crippen LogP contribution in [0.1, 0.15) is 5.82 Å². The second-order valence-electron chi connectivity index (χ2n) is 0.978. The Balaban J connectivity index is 0.000000360. The molecule has 33 valence electrons. The van der Waals surface area contributed by atoms with E-state index in [2.05, 4.69) is 9.36 Å². The Morgan fingerprint density at radius 1 is 1.71 bits per heavy atom. The third kappa shape index (κ3) is 2.08. The third-order valence-electron chi connectivity index (χ3n) is 0.471. The smallest absolute Gasteiger partial charge is 0.139 e. The van der Waals surface area contributed by atoms with Gasteiger partial charge in [0.2, 0.25) is 0 Å². The molecule has 0 fully saturated rings. The average Bonchev–Trinajstić information content (AvgIpc) is 1.86. The van der Waals surface area contributed by atoms with E-state index in [0.717, 1.165) is 5.82 Å². The Morgan fingerprint density at radius 3 is 2.57 bits per heavy atom. The SMILES string of the molecule is Cc1ncsn1.[Li]. The second-order valence-corrected chi connectivity index (χ2v) is 1.58. The Bertz CT molecular complexity index is 116. The van der Waals surface area contributed by atoms with Gasteiger partial charge in [0.05, 0.1) is 0 Å². The molecule has 0 saturated heterocycles. The summed E-state index contributed by atoms with van der Waals surface area (Å²) in [6.07, 6.45) is 0. The van der Waals surface area contributed by atoms with Crippen LogP contribution in [0.5, 0.6) is 0 Å². The minimum absolute atomic E-state index is 0. The van der Waals surface area contributed by atoms with Gasteiger partial charge in [-0.3, -0.25) is 0 Å². The van der Waals surface area contributed by atoms with Crippen molar-refractivity contribution in [3.05, 3.63) is 11.3 Å². The van der Waals surface area contributed by atoms with E-state index in [-0.39, 0.29) is 18.9 Å². The summed E-state index contributed by atoms with van der Waals surface area (Å²) in [6.45, 7) is 1.87. The summed E-state index contributed by atoms with van der Waals surface area (Å²) in [7, 11) is 0. The first kappa shape index (κ1) is 7.16. The molecule has 0 spiro atoms. The molecule has 0 aliphatic rings. The Kier molecular flexibility index (Phi) is 3.27. The first-order valence-electron chi connectivity index (χ1n) is 1.62. The van der Waals surface area contributed by atoms with E-state index in [1.165, 1.54) is 11.5 Å². The van der Waals surface area contributed by atoms with E-state index >= 15 is 0 Å². The van der Waals surface area contributed by atoms with Crippen LogP contribution in [0.25, 0.3) is 0 Å². The molecule has 0 bridgehead atoms. The normalized spacial score (nSPS) is 7.57. The molecule has 0 aromatic carbocycles. The Morgan fingerprint density at radius 2 is 2.43 bits per heavy atom. The second kappa shape index (κ2) is 3.20. The Hall–Kier alpha value is 0.157. The van der Waals surface area contributed by atoms with Crippen LogP contribution in [0.4, 0.5) is 0 Å². The van der Waals surface area contributed by atoms with Crippen LogP contribution in [0.2, 0.25) is 0 Å². The van der Waals surface area contributed by atoms with Crippen molar-refractivity contribution >= 4 is 30.4 Å². The summed E-state index contributed by atoms with van der Waals surface area (Å²) in [5.74, 6) is 0.861. The van der Waals surface area contributed by atoms with Crippen molar-refractivity contribution in [3.63, 3.8) is 0 Å². The molecular formula is C3H4LiN2S. The van der Waals surface area contributed by atoms with E-state index in [1.54, 1.807) is 5.51 Å². The monoisotopic (exact) mass is 107 g/mol. The average molecular weight is 107 g/mol. The van der Waals surface area contributed by atoms with Crippen molar-refractivity contribution in [1.29, 1.82) is 0 Å². The van der Waals surface area contributed by atoms with Crippen molar-refractivity contribution in [2.75, 3.05) is 0 Å². The predicted molar refractivity (Wildman–Crippen MR) is 30.4 cm³/mol. The van der Waals surface area contributed by atoms with Gasteiger partial charge in [0.1, 0.15) is 11.3 Å². The maximum atomic E-state index is 3.85. The van der Waals surface area contributed by atoms with Crippen LogP contribution in [0.3, 0.4) is 0 Å². The van der Waals surface area contributed by atoms with E-state index < -0.39 is 0 Å². The zero-order valence-electron chi connectivity index (χ0n) is 4.38. The maximum Gasteiger partial charge on any atom is 0.139 e. The van der Waals surface area contributed by atoms with Gasteiger partial charge in [-0.25, -0.2) is 4.98 Å². The molecule has 0 amide bonds. The van der Waals surface area contributed by atoms with Crippen molar-refractivity contribution in [1.82, 2.24) is 9.36 Å². The van der Waals surface area contributed by atoms with Crippen LogP contribution in [0.15, 0.2) is 5.51 Å². The van der Waals surface area contributed by atoms with Crippen LogP contribution < -0.4 is 0 Å². The summed E-state index contributed by atoms with van der Waals surface area (Å²) < 4.78 is 3.85. The summed E-state index contributed by atoms with van der Waals surface area (Å²) >= 11 is 1.38. The number of aryl methyl sites for hydroxylation is 1. The molecule has 1 aromatic heterocycles. The summed E-state index contributed by atoms with van der Waals surface area (Å²) in [4.78, 5) is 3.82. The molecule has 0 unspecified atom stereocenters. The van der Waals surface area contributed by atoms with E-state index in [1.807, 2.05) is 6.92 Å². The maximum absolute atomic E-state index is 3.85. The van der Waals surface area contributed by atoms with Gasteiger partial charge in [0.25, 0.3) is 0 Å². The fourth-order valence-corrected chi connectivity index (χ4v) is 0.670. The molecule has 1 aromatic rings. The quantitative estimate of drug-likeness (QED) is 0.450. The first-order valence-corrected chi connectivity index (χ1v) is 2.46. The van der Waals surface area contributed by atoms with Crippen molar-refractivity contribution in [2.45, 2.75) is 6.92 Å². The molecule has 0 saturated carbocycles. The number of rotatable bonds is 0. The van der Waals surface area contributed by atoms with Crippen LogP contribution in [0, 0.1) is 6.92 Å². The largest absolute Gasteiger partial charge is 0.228 e. The molecule has 0 aliphatic heterocycles. The van der Waals surface area contributed by atoms with Crippen molar-refractivity contribution in [3.8, 4) is 0 Å². The molecular weight excluding hydrogens is 103 g/mol. The predicted octanol–water partition coefficient (Wildman–Crippen LogP) is 0.466. The van der Waals surface area contributed by atoms with Gasteiger partial charge in [0, 0.05) is 18.9 Å². The fourth-order valence-electron chi connectivity index (χ4n) is 0.223. The van der Waals surface area contributed by atoms with Gasteiger partial charge in [-0.2, -0.15) is 4.37 Å². The molecule has 1 rings (SSSR count). The van der Waals surface area contributed by atoms with Gasteiger partial charge in [-0.15, -0.1) is 0 Å². The van der Waals surface area contributed by atoms with Gasteiger partial charge in [-0.05, 0) is 18.5 Å². The van der Waals surface area contributed by atoms with Crippen LogP contribution >= 0.6 is 11.5 Å².